The third-order valence-electron chi connectivity index (χ3n) is 7.49. The first-order valence-corrected chi connectivity index (χ1v) is 13.2. The predicted molar refractivity (Wildman–Crippen MR) is 152 cm³/mol. The number of rotatable bonds is 6. The Morgan fingerprint density at radius 1 is 1.10 bits per heavy atom. The first-order valence-electron chi connectivity index (χ1n) is 12.8. The lowest BCUT2D eigenvalue weighted by atomic mass is 10.1. The average molecular weight is 564 g/mol. The highest BCUT2D eigenvalue weighted by Gasteiger charge is 2.29. The summed E-state index contributed by atoms with van der Waals surface area (Å²) in [7, 11) is 0. The van der Waals surface area contributed by atoms with Gasteiger partial charge in [-0.1, -0.05) is 18.2 Å². The van der Waals surface area contributed by atoms with Gasteiger partial charge in [0.1, 0.15) is 11.4 Å². The molecule has 4 aromatic rings. The van der Waals surface area contributed by atoms with E-state index in [1.54, 1.807) is 15.2 Å². The molecule has 11 nitrogen and oxygen atoms in total. The van der Waals surface area contributed by atoms with Crippen LogP contribution in [0.1, 0.15) is 29.2 Å². The lowest BCUT2D eigenvalue weighted by molar-refractivity contribution is 0.0695. The van der Waals surface area contributed by atoms with Crippen molar-refractivity contribution >= 4 is 56.5 Å². The van der Waals surface area contributed by atoms with Gasteiger partial charge in [-0.15, -0.1) is 10.2 Å². The number of carboxylic acids is 1. The zero-order chi connectivity index (χ0) is 28.1. The number of nitrogens with zero attached hydrogens (tertiary/aromatic N) is 6. The van der Waals surface area contributed by atoms with E-state index in [0.29, 0.717) is 49.4 Å². The summed E-state index contributed by atoms with van der Waals surface area (Å²) in [6.45, 7) is 2.57. The van der Waals surface area contributed by atoms with Crippen molar-refractivity contribution in [3.8, 4) is 5.88 Å². The highest BCUT2D eigenvalue weighted by Crippen LogP contribution is 2.40. The van der Waals surface area contributed by atoms with Gasteiger partial charge in [-0.25, -0.2) is 9.18 Å². The highest BCUT2D eigenvalue weighted by atomic mass is 32.1. The van der Waals surface area contributed by atoms with Crippen molar-refractivity contribution in [2.45, 2.75) is 25.6 Å². The summed E-state index contributed by atoms with van der Waals surface area (Å²) in [5.41, 5.74) is 6.39. The summed E-state index contributed by atoms with van der Waals surface area (Å²) >= 11 is 4.78. The molecule has 1 saturated carbocycles. The number of hydrogen-bond acceptors (Lipinski definition) is 7. The molecule has 0 atom stereocenters. The van der Waals surface area contributed by atoms with Crippen LogP contribution in [-0.2, 0) is 6.67 Å². The van der Waals surface area contributed by atoms with E-state index in [1.807, 2.05) is 29.2 Å². The van der Waals surface area contributed by atoms with Gasteiger partial charge < -0.3 is 25.4 Å². The molecule has 40 heavy (non-hydrogen) atoms. The zero-order valence-corrected chi connectivity index (χ0v) is 22.1. The first-order chi connectivity index (χ1) is 19.2. The van der Waals surface area contributed by atoms with Crippen molar-refractivity contribution in [1.29, 1.82) is 0 Å². The number of aromatic nitrogens is 2. The molecule has 1 aliphatic heterocycles. The molecular formula is C27H26FN7O4S. The van der Waals surface area contributed by atoms with Crippen LogP contribution in [0.5, 0.6) is 5.88 Å². The van der Waals surface area contributed by atoms with E-state index in [4.69, 9.17) is 18.0 Å². The lowest BCUT2D eigenvalue weighted by Gasteiger charge is -2.36. The molecule has 3 heterocycles. The SMILES string of the molecule is NC(=S)N=Nc1c(O)n(CN2CCN(c3cc4c(cc3F)c(=O)c(C(=O)O)cn4C3CC3)CC2)c2ccccc12. The second kappa shape index (κ2) is 9.99. The number of azo groups is 1. The molecule has 0 unspecified atom stereocenters. The zero-order valence-electron chi connectivity index (χ0n) is 21.3. The maximum absolute atomic E-state index is 15.3. The van der Waals surface area contributed by atoms with Crippen molar-refractivity contribution in [2.24, 2.45) is 16.0 Å². The lowest BCUT2D eigenvalue weighted by Crippen LogP contribution is -2.47. The Labute approximate surface area is 232 Å². The number of pyridine rings is 1. The largest absolute Gasteiger partial charge is 0.493 e. The number of anilines is 1. The van der Waals surface area contributed by atoms with Gasteiger partial charge in [0.25, 0.3) is 0 Å². The van der Waals surface area contributed by atoms with Crippen LogP contribution in [-0.4, -0.2) is 61.5 Å². The standard InChI is InChI=1S/C27H26FN7O4S/c28-19-11-17-21(34(15-5-6-15)13-18(24(17)36)26(38)39)12-22(19)33-9-7-32(8-10-33)14-35-20-4-2-1-3-16(20)23(25(35)37)30-31-27(29)40/h1-4,11-13,15,37H,5-10,14H2,(H2,29,40)(H,38,39). The van der Waals surface area contributed by atoms with Crippen LogP contribution in [0.4, 0.5) is 15.8 Å². The number of fused-ring (bicyclic) bond motifs is 2. The molecule has 1 aliphatic carbocycles. The summed E-state index contributed by atoms with van der Waals surface area (Å²) < 4.78 is 18.9. The number of carbonyl (C=O) groups is 1. The number of piperazine rings is 1. The van der Waals surface area contributed by atoms with Gasteiger partial charge in [0.2, 0.25) is 16.4 Å². The number of aromatic carboxylic acids is 1. The van der Waals surface area contributed by atoms with Crippen molar-refractivity contribution in [3.63, 3.8) is 0 Å². The molecular weight excluding hydrogens is 537 g/mol. The normalized spacial score (nSPS) is 16.4. The third-order valence-corrected chi connectivity index (χ3v) is 7.57. The maximum atomic E-state index is 15.3. The molecule has 0 amide bonds. The molecule has 206 valence electrons. The molecule has 0 spiro atoms. The van der Waals surface area contributed by atoms with Crippen LogP contribution in [0.15, 0.2) is 57.6 Å². The number of benzene rings is 2. The summed E-state index contributed by atoms with van der Waals surface area (Å²) in [4.78, 5) is 28.5. The molecule has 4 N–H and O–H groups in total. The fraction of sp³-hybridized carbons (Fsp3) is 0.296. The van der Waals surface area contributed by atoms with Crippen molar-refractivity contribution in [1.82, 2.24) is 14.0 Å². The minimum absolute atomic E-state index is 0.0528. The Morgan fingerprint density at radius 2 is 1.82 bits per heavy atom. The Balaban J connectivity index is 1.26. The number of halogens is 1. The highest BCUT2D eigenvalue weighted by molar-refractivity contribution is 7.80. The van der Waals surface area contributed by atoms with Crippen LogP contribution in [0.3, 0.4) is 0 Å². The third kappa shape index (κ3) is 4.56. The quantitative estimate of drug-likeness (QED) is 0.237. The smallest absolute Gasteiger partial charge is 0.341 e. The van der Waals surface area contributed by atoms with Gasteiger partial charge in [-0.3, -0.25) is 14.3 Å². The number of aromatic hydroxyl groups is 1. The molecule has 1 saturated heterocycles. The Kier molecular flexibility index (Phi) is 6.47. The predicted octanol–water partition coefficient (Wildman–Crippen LogP) is 3.94. The van der Waals surface area contributed by atoms with Crippen molar-refractivity contribution in [2.75, 3.05) is 31.1 Å². The number of carboxylic acid groups (broad SMARTS) is 1. The minimum atomic E-state index is -1.32. The van der Waals surface area contributed by atoms with Crippen LogP contribution >= 0.6 is 12.2 Å². The topological polar surface area (TPSA) is 142 Å². The maximum Gasteiger partial charge on any atom is 0.341 e. The van der Waals surface area contributed by atoms with Gasteiger partial charge in [-0.05, 0) is 43.3 Å². The van der Waals surface area contributed by atoms with Crippen molar-refractivity contribution < 1.29 is 19.4 Å². The number of para-hydroxylation sites is 1. The van der Waals surface area contributed by atoms with Crippen LogP contribution < -0.4 is 16.1 Å². The van der Waals surface area contributed by atoms with Crippen LogP contribution in [0.25, 0.3) is 21.8 Å². The number of hydrogen-bond donors (Lipinski definition) is 3. The summed E-state index contributed by atoms with van der Waals surface area (Å²) in [6, 6.07) is 10.4. The van der Waals surface area contributed by atoms with Gasteiger partial charge in [-0.2, -0.15) is 0 Å². The van der Waals surface area contributed by atoms with Crippen LogP contribution in [0, 0.1) is 5.82 Å². The number of nitrogens with two attached hydrogens (primary N) is 1. The molecule has 0 radical (unpaired) electrons. The van der Waals surface area contributed by atoms with Crippen molar-refractivity contribution in [3.05, 3.63) is 64.2 Å². The van der Waals surface area contributed by atoms with Gasteiger partial charge >= 0.3 is 5.97 Å². The minimum Gasteiger partial charge on any atom is -0.493 e. The Morgan fingerprint density at radius 3 is 2.50 bits per heavy atom. The second-order valence-corrected chi connectivity index (χ2v) is 10.5. The molecule has 2 aliphatic rings. The molecule has 13 heteroatoms. The molecule has 2 aromatic heterocycles. The second-order valence-electron chi connectivity index (χ2n) is 10.0. The van der Waals surface area contributed by atoms with Crippen LogP contribution in [0.2, 0.25) is 0 Å². The monoisotopic (exact) mass is 563 g/mol. The average Bonchev–Trinajstić information content (AvgIpc) is 3.74. The van der Waals surface area contributed by atoms with Gasteiger partial charge in [0.05, 0.1) is 23.4 Å². The first kappa shape index (κ1) is 25.9. The summed E-state index contributed by atoms with van der Waals surface area (Å²) in [5, 5.41) is 28.9. The van der Waals surface area contributed by atoms with E-state index in [2.05, 4.69) is 15.1 Å². The molecule has 0 bridgehead atoms. The van der Waals surface area contributed by atoms with E-state index in [1.165, 1.54) is 6.20 Å². The summed E-state index contributed by atoms with van der Waals surface area (Å²) in [5.74, 6) is -1.94. The van der Waals surface area contributed by atoms with E-state index < -0.39 is 17.2 Å². The van der Waals surface area contributed by atoms with Gasteiger partial charge in [0, 0.05) is 49.2 Å². The molecule has 6 rings (SSSR count). The Hall–Kier alpha value is -4.36. The fourth-order valence-electron chi connectivity index (χ4n) is 5.35. The fourth-order valence-corrected chi connectivity index (χ4v) is 5.39. The summed E-state index contributed by atoms with van der Waals surface area (Å²) in [6.07, 6.45) is 3.14. The van der Waals surface area contributed by atoms with E-state index in [0.717, 1.165) is 24.4 Å². The molecule has 2 aromatic carbocycles. The van der Waals surface area contributed by atoms with Gasteiger partial charge in [0.15, 0.2) is 5.69 Å². The van der Waals surface area contributed by atoms with E-state index in [9.17, 15) is 19.8 Å². The van der Waals surface area contributed by atoms with E-state index in [-0.39, 0.29) is 33.7 Å². The molecule has 2 fully saturated rings. The Bertz CT molecular complexity index is 1770. The number of thiocarbonyl (C=S) groups is 1. The van der Waals surface area contributed by atoms with E-state index >= 15 is 4.39 Å².